The molecule has 6 heteroatoms. The molecule has 2 amide bonds. The molecule has 0 aromatic heterocycles. The minimum Gasteiger partial charge on any atom is -0.386 e. The van der Waals surface area contributed by atoms with Crippen molar-refractivity contribution in [2.24, 2.45) is 0 Å². The van der Waals surface area contributed by atoms with Crippen molar-refractivity contribution in [2.75, 3.05) is 0 Å². The highest BCUT2D eigenvalue weighted by molar-refractivity contribution is 6.31. The molecule has 4 rings (SSSR count). The van der Waals surface area contributed by atoms with Gasteiger partial charge in [-0.05, 0) is 37.6 Å². The molecule has 138 valence electrons. The van der Waals surface area contributed by atoms with Crippen molar-refractivity contribution in [1.82, 2.24) is 4.90 Å². The van der Waals surface area contributed by atoms with E-state index in [4.69, 9.17) is 4.74 Å². The van der Waals surface area contributed by atoms with Crippen LogP contribution in [0.2, 0.25) is 0 Å². The third kappa shape index (κ3) is 2.47. The molecule has 0 saturated carbocycles. The fraction of sp³-hybridized carbons (Fsp3) is 0.333. The highest BCUT2D eigenvalue weighted by Crippen LogP contribution is 2.37. The normalized spacial score (nSPS) is 16.7. The standard InChI is InChI=1S/C21H19NO5/c1-3-4-5-6-11(2)22-18(23)12-7-9-14-17-15(21(26)27-20(14)25)10-8-13(16(12)17)19(22)24/h7-11H,3-6H2,1-2H3/t11-/m1/s1. The number of amides is 2. The maximum Gasteiger partial charge on any atom is 0.346 e. The van der Waals surface area contributed by atoms with Crippen LogP contribution in [-0.2, 0) is 4.74 Å². The molecular formula is C21H19NO5. The predicted octanol–water partition coefficient (Wildman–Crippen LogP) is 3.72. The van der Waals surface area contributed by atoms with Crippen molar-refractivity contribution in [3.8, 4) is 0 Å². The van der Waals surface area contributed by atoms with Gasteiger partial charge >= 0.3 is 11.9 Å². The number of benzene rings is 2. The SMILES string of the molecule is CCCCC[C@@H](C)N1C(=O)c2ccc3c4c(ccc(c24)C1=O)C(=O)OC3=O. The van der Waals surface area contributed by atoms with E-state index in [1.807, 2.05) is 6.92 Å². The van der Waals surface area contributed by atoms with Gasteiger partial charge in [0.25, 0.3) is 11.8 Å². The molecule has 2 heterocycles. The fourth-order valence-electron chi connectivity index (χ4n) is 3.96. The van der Waals surface area contributed by atoms with Gasteiger partial charge in [0.05, 0.1) is 11.1 Å². The van der Waals surface area contributed by atoms with Crippen LogP contribution >= 0.6 is 0 Å². The Balaban J connectivity index is 1.87. The highest BCUT2D eigenvalue weighted by Gasteiger charge is 2.39. The number of hydrogen-bond donors (Lipinski definition) is 0. The number of cyclic esters (lactones) is 2. The number of nitrogens with zero attached hydrogens (tertiary/aromatic N) is 1. The summed E-state index contributed by atoms with van der Waals surface area (Å²) in [6.45, 7) is 3.98. The molecule has 0 fully saturated rings. The van der Waals surface area contributed by atoms with Crippen molar-refractivity contribution >= 4 is 34.5 Å². The smallest absolute Gasteiger partial charge is 0.346 e. The van der Waals surface area contributed by atoms with Gasteiger partial charge < -0.3 is 4.74 Å². The first-order chi connectivity index (χ1) is 13.0. The van der Waals surface area contributed by atoms with E-state index in [9.17, 15) is 19.2 Å². The molecular weight excluding hydrogens is 346 g/mol. The van der Waals surface area contributed by atoms with Crippen molar-refractivity contribution in [3.05, 3.63) is 46.5 Å². The summed E-state index contributed by atoms with van der Waals surface area (Å²) in [6.07, 6.45) is 3.79. The van der Waals surface area contributed by atoms with E-state index in [-0.39, 0.29) is 29.0 Å². The van der Waals surface area contributed by atoms with Crippen LogP contribution in [0.25, 0.3) is 10.8 Å². The number of rotatable bonds is 5. The summed E-state index contributed by atoms with van der Waals surface area (Å²) in [4.78, 5) is 51.6. The average Bonchev–Trinajstić information content (AvgIpc) is 2.64. The van der Waals surface area contributed by atoms with E-state index in [1.54, 1.807) is 12.1 Å². The lowest BCUT2D eigenvalue weighted by Gasteiger charge is -2.33. The minimum absolute atomic E-state index is 0.204. The summed E-state index contributed by atoms with van der Waals surface area (Å²) >= 11 is 0. The van der Waals surface area contributed by atoms with E-state index in [0.717, 1.165) is 25.7 Å². The van der Waals surface area contributed by atoms with Crippen LogP contribution in [0.15, 0.2) is 24.3 Å². The number of hydrogen-bond acceptors (Lipinski definition) is 5. The Bertz CT molecular complexity index is 954. The number of unbranched alkanes of at least 4 members (excludes halogenated alkanes) is 2. The topological polar surface area (TPSA) is 80.8 Å². The molecule has 2 aliphatic rings. The molecule has 2 aromatic carbocycles. The molecule has 0 spiro atoms. The first-order valence-electron chi connectivity index (χ1n) is 9.19. The number of ether oxygens (including phenoxy) is 1. The van der Waals surface area contributed by atoms with Gasteiger partial charge in [0.2, 0.25) is 0 Å². The quantitative estimate of drug-likeness (QED) is 0.349. The molecule has 0 N–H and O–H groups in total. The largest absolute Gasteiger partial charge is 0.386 e. The third-order valence-corrected chi connectivity index (χ3v) is 5.35. The maximum atomic E-state index is 13.1. The van der Waals surface area contributed by atoms with Crippen molar-refractivity contribution in [2.45, 2.75) is 45.6 Å². The Labute approximate surface area is 156 Å². The van der Waals surface area contributed by atoms with E-state index in [2.05, 4.69) is 6.92 Å². The van der Waals surface area contributed by atoms with Crippen molar-refractivity contribution in [1.29, 1.82) is 0 Å². The monoisotopic (exact) mass is 365 g/mol. The number of esters is 2. The number of carbonyl (C=O) groups is 4. The van der Waals surface area contributed by atoms with E-state index in [1.165, 1.54) is 17.0 Å². The second kappa shape index (κ2) is 6.30. The van der Waals surface area contributed by atoms with Crippen LogP contribution in [0.5, 0.6) is 0 Å². The Hall–Kier alpha value is -3.02. The van der Waals surface area contributed by atoms with Crippen molar-refractivity contribution < 1.29 is 23.9 Å². The molecule has 0 bridgehead atoms. The molecule has 27 heavy (non-hydrogen) atoms. The van der Waals surface area contributed by atoms with Crippen LogP contribution in [0, 0.1) is 0 Å². The van der Waals surface area contributed by atoms with Gasteiger partial charge in [-0.1, -0.05) is 26.2 Å². The van der Waals surface area contributed by atoms with Gasteiger partial charge in [-0.3, -0.25) is 14.5 Å². The van der Waals surface area contributed by atoms with Crippen LogP contribution in [-0.4, -0.2) is 34.7 Å². The van der Waals surface area contributed by atoms with Crippen LogP contribution in [0.4, 0.5) is 0 Å². The van der Waals surface area contributed by atoms with Crippen molar-refractivity contribution in [3.63, 3.8) is 0 Å². The Morgan fingerprint density at radius 1 is 0.815 bits per heavy atom. The molecule has 6 nitrogen and oxygen atoms in total. The summed E-state index contributed by atoms with van der Waals surface area (Å²) in [5, 5.41) is 0.716. The van der Waals surface area contributed by atoms with E-state index >= 15 is 0 Å². The molecule has 1 atom stereocenters. The summed E-state index contributed by atoms with van der Waals surface area (Å²) in [5.41, 5.74) is 1.09. The Morgan fingerprint density at radius 3 is 1.81 bits per heavy atom. The zero-order valence-electron chi connectivity index (χ0n) is 15.2. The summed E-state index contributed by atoms with van der Waals surface area (Å²) in [6, 6.07) is 5.85. The predicted molar refractivity (Wildman–Crippen MR) is 97.8 cm³/mol. The molecule has 2 aliphatic heterocycles. The zero-order chi connectivity index (χ0) is 19.3. The molecule has 0 aliphatic carbocycles. The van der Waals surface area contributed by atoms with Crippen LogP contribution in [0.1, 0.15) is 81.0 Å². The first kappa shape index (κ1) is 17.4. The lowest BCUT2D eigenvalue weighted by molar-refractivity contribution is 0.0387. The fourth-order valence-corrected chi connectivity index (χ4v) is 3.96. The van der Waals surface area contributed by atoms with Gasteiger partial charge in [-0.25, -0.2) is 9.59 Å². The van der Waals surface area contributed by atoms with Gasteiger partial charge in [0.1, 0.15) is 0 Å². The second-order valence-corrected chi connectivity index (χ2v) is 7.07. The minimum atomic E-state index is -0.758. The first-order valence-corrected chi connectivity index (χ1v) is 9.19. The van der Waals surface area contributed by atoms with E-state index < -0.39 is 11.9 Å². The summed E-state index contributed by atoms with van der Waals surface area (Å²) < 4.78 is 4.74. The van der Waals surface area contributed by atoms with Gasteiger partial charge in [-0.15, -0.1) is 0 Å². The molecule has 2 aromatic rings. The number of imide groups is 1. The van der Waals surface area contributed by atoms with Gasteiger partial charge in [-0.2, -0.15) is 0 Å². The molecule has 0 radical (unpaired) electrons. The second-order valence-electron chi connectivity index (χ2n) is 7.07. The van der Waals surface area contributed by atoms with Crippen LogP contribution < -0.4 is 0 Å². The van der Waals surface area contributed by atoms with Gasteiger partial charge in [0.15, 0.2) is 0 Å². The zero-order valence-corrected chi connectivity index (χ0v) is 15.2. The van der Waals surface area contributed by atoms with Crippen LogP contribution in [0.3, 0.4) is 0 Å². The Kier molecular flexibility index (Phi) is 4.06. The Morgan fingerprint density at radius 2 is 1.30 bits per heavy atom. The number of carbonyl (C=O) groups excluding carboxylic acids is 4. The third-order valence-electron chi connectivity index (χ3n) is 5.35. The lowest BCUT2D eigenvalue weighted by atomic mass is 9.87. The highest BCUT2D eigenvalue weighted by atomic mass is 16.6. The molecule has 0 saturated heterocycles. The lowest BCUT2D eigenvalue weighted by Crippen LogP contribution is -2.46. The molecule has 0 unspecified atom stereocenters. The van der Waals surface area contributed by atoms with Gasteiger partial charge in [0, 0.05) is 27.9 Å². The maximum absolute atomic E-state index is 13.1. The van der Waals surface area contributed by atoms with E-state index in [0.29, 0.717) is 21.9 Å². The average molecular weight is 365 g/mol. The summed E-state index contributed by atoms with van der Waals surface area (Å²) in [7, 11) is 0. The summed E-state index contributed by atoms with van der Waals surface area (Å²) in [5.74, 6) is -2.28.